The molecule has 3 fully saturated rings. The number of carbonyl (C=O) groups is 1. The zero-order chi connectivity index (χ0) is 26.5. The lowest BCUT2D eigenvalue weighted by molar-refractivity contribution is -0.344. The topological polar surface area (TPSA) is 186 Å². The molecule has 3 aliphatic heterocycles. The van der Waals surface area contributed by atoms with E-state index in [-0.39, 0.29) is 5.56 Å². The van der Waals surface area contributed by atoms with Crippen molar-refractivity contribution in [3.8, 4) is 11.5 Å². The van der Waals surface area contributed by atoms with Crippen LogP contribution in [-0.2, 0) is 23.7 Å². The molecule has 0 bridgehead atoms. The lowest BCUT2D eigenvalue weighted by Crippen LogP contribution is -2.60. The lowest BCUT2D eigenvalue weighted by atomic mass is 9.85. The number of methoxy groups -OCH3 is 2. The molecule has 1 aromatic carbocycles. The summed E-state index contributed by atoms with van der Waals surface area (Å²) in [5, 5.41) is 50.2. The molecule has 4 aliphatic rings. The lowest BCUT2D eigenvalue weighted by Gasteiger charge is -2.43. The third-order valence-electron chi connectivity index (χ3n) is 7.46. The van der Waals surface area contributed by atoms with E-state index >= 15 is 0 Å². The molecule has 11 atom stereocenters. The fraction of sp³-hybridized carbons (Fsp3) is 0.625. The third kappa shape index (κ3) is 4.25. The van der Waals surface area contributed by atoms with E-state index in [4.69, 9.17) is 33.2 Å². The first kappa shape index (κ1) is 26.1. The van der Waals surface area contributed by atoms with Gasteiger partial charge < -0.3 is 58.7 Å². The van der Waals surface area contributed by atoms with Crippen molar-refractivity contribution in [3.63, 3.8) is 0 Å². The van der Waals surface area contributed by atoms with Crippen LogP contribution in [0.15, 0.2) is 30.5 Å². The van der Waals surface area contributed by atoms with Gasteiger partial charge in [-0.15, -0.1) is 0 Å². The highest BCUT2D eigenvalue weighted by Crippen LogP contribution is 2.60. The molecule has 204 valence electrons. The highest BCUT2D eigenvalue weighted by atomic mass is 16.8. The van der Waals surface area contributed by atoms with Gasteiger partial charge in [0.1, 0.15) is 42.2 Å². The van der Waals surface area contributed by atoms with Crippen LogP contribution >= 0.6 is 0 Å². The molecule has 0 aromatic heterocycles. The Morgan fingerprint density at radius 3 is 2.46 bits per heavy atom. The maximum Gasteiger partial charge on any atom is 0.338 e. The van der Waals surface area contributed by atoms with Crippen LogP contribution < -0.4 is 9.47 Å². The Kier molecular flexibility index (Phi) is 7.06. The summed E-state index contributed by atoms with van der Waals surface area (Å²) in [7, 11) is 2.93. The summed E-state index contributed by atoms with van der Waals surface area (Å²) in [6.07, 6.45) is -7.02. The fourth-order valence-electron chi connectivity index (χ4n) is 5.44. The predicted octanol–water partition coefficient (Wildman–Crippen LogP) is -1.71. The van der Waals surface area contributed by atoms with Crippen LogP contribution in [0.2, 0.25) is 0 Å². The van der Waals surface area contributed by atoms with Crippen molar-refractivity contribution >= 4 is 5.97 Å². The van der Waals surface area contributed by atoms with Crippen LogP contribution in [0.25, 0.3) is 0 Å². The van der Waals surface area contributed by atoms with Gasteiger partial charge >= 0.3 is 5.97 Å². The summed E-state index contributed by atoms with van der Waals surface area (Å²) >= 11 is 0. The second-order valence-corrected chi connectivity index (χ2v) is 9.36. The minimum absolute atomic E-state index is 0.224. The summed E-state index contributed by atoms with van der Waals surface area (Å²) in [5.41, 5.74) is -0.918. The van der Waals surface area contributed by atoms with Crippen LogP contribution in [-0.4, -0.2) is 114 Å². The van der Waals surface area contributed by atoms with E-state index in [1.165, 1.54) is 32.6 Å². The number of aliphatic hydroxyl groups excluding tert-OH is 5. The Balaban J connectivity index is 1.34. The minimum Gasteiger partial charge on any atom is -0.493 e. The number of aliphatic hydroxyl groups is 5. The number of rotatable bonds is 8. The van der Waals surface area contributed by atoms with Crippen molar-refractivity contribution in [3.05, 3.63) is 36.1 Å². The van der Waals surface area contributed by atoms with E-state index in [2.05, 4.69) is 0 Å². The number of epoxide rings is 1. The summed E-state index contributed by atoms with van der Waals surface area (Å²) < 4.78 is 39.0. The van der Waals surface area contributed by atoms with Crippen LogP contribution in [0.5, 0.6) is 11.5 Å². The quantitative estimate of drug-likeness (QED) is 0.191. The van der Waals surface area contributed by atoms with Crippen LogP contribution in [0.4, 0.5) is 0 Å². The molecule has 0 amide bonds. The average molecular weight is 526 g/mol. The number of carbonyl (C=O) groups excluding carboxylic acids is 1. The summed E-state index contributed by atoms with van der Waals surface area (Å²) in [5.74, 6) is -1.00. The molecule has 1 aromatic rings. The van der Waals surface area contributed by atoms with Crippen molar-refractivity contribution in [1.82, 2.24) is 0 Å². The van der Waals surface area contributed by atoms with Crippen LogP contribution in [0.3, 0.4) is 0 Å². The van der Waals surface area contributed by atoms with Gasteiger partial charge in [-0.3, -0.25) is 0 Å². The second-order valence-electron chi connectivity index (χ2n) is 9.36. The van der Waals surface area contributed by atoms with Gasteiger partial charge in [0.05, 0.1) is 45.2 Å². The number of fused-ring (bicyclic) bond motifs is 3. The molecule has 0 unspecified atom stereocenters. The maximum atomic E-state index is 13.0. The standard InChI is InChI=1S/C24H30O13/c1-31-12-4-3-10(7-13(12)32-2)21(30)35-19-11-5-6-33-22(15(11)24(9-26)20(19)37-24)36-23-18(29)17(28)16(27)14(8-25)34-23/h3-7,11,14-20,22-23,25-29H,8-9H2,1-2H3/t11-,14+,15-,16+,17-,18+,19-,20-,22+,23-,24+/m1/s1. The molecule has 0 radical (unpaired) electrons. The van der Waals surface area contributed by atoms with Crippen molar-refractivity contribution in [2.24, 2.45) is 11.8 Å². The van der Waals surface area contributed by atoms with Crippen LogP contribution in [0.1, 0.15) is 10.4 Å². The van der Waals surface area contributed by atoms with E-state index in [1.807, 2.05) is 0 Å². The highest BCUT2D eigenvalue weighted by molar-refractivity contribution is 5.90. The first-order chi connectivity index (χ1) is 17.8. The maximum absolute atomic E-state index is 13.0. The van der Waals surface area contributed by atoms with E-state index in [9.17, 15) is 30.3 Å². The Morgan fingerprint density at radius 1 is 1.03 bits per heavy atom. The molecule has 37 heavy (non-hydrogen) atoms. The first-order valence-corrected chi connectivity index (χ1v) is 11.8. The molecule has 3 heterocycles. The third-order valence-corrected chi connectivity index (χ3v) is 7.46. The molecule has 1 aliphatic carbocycles. The second kappa shape index (κ2) is 10.0. The van der Waals surface area contributed by atoms with Gasteiger partial charge in [-0.2, -0.15) is 0 Å². The van der Waals surface area contributed by atoms with Gasteiger partial charge in [-0.05, 0) is 24.3 Å². The molecule has 13 heteroatoms. The largest absolute Gasteiger partial charge is 0.493 e. The average Bonchev–Trinajstić information content (AvgIpc) is 3.60. The van der Waals surface area contributed by atoms with E-state index in [1.54, 1.807) is 12.1 Å². The minimum atomic E-state index is -1.65. The number of hydrogen-bond donors (Lipinski definition) is 5. The van der Waals surface area contributed by atoms with Gasteiger partial charge in [0, 0.05) is 5.92 Å². The molecular weight excluding hydrogens is 496 g/mol. The number of ether oxygens (including phenoxy) is 7. The van der Waals surface area contributed by atoms with Crippen LogP contribution in [0, 0.1) is 11.8 Å². The van der Waals surface area contributed by atoms with E-state index < -0.39 is 85.8 Å². The smallest absolute Gasteiger partial charge is 0.338 e. The van der Waals surface area contributed by atoms with Crippen molar-refractivity contribution in [2.75, 3.05) is 27.4 Å². The van der Waals surface area contributed by atoms with Crippen molar-refractivity contribution < 1.29 is 63.5 Å². The molecule has 1 saturated carbocycles. The molecule has 5 rings (SSSR count). The number of esters is 1. The van der Waals surface area contributed by atoms with Gasteiger partial charge in [-0.1, -0.05) is 0 Å². The molecule has 2 saturated heterocycles. The van der Waals surface area contributed by atoms with Gasteiger partial charge in [0.15, 0.2) is 17.8 Å². The van der Waals surface area contributed by atoms with E-state index in [0.717, 1.165) is 0 Å². The SMILES string of the molecule is COc1ccc(C(=O)O[C@@H]2[C@@H]3C=CO[C@@H](O[C@H]4O[C@@H](CO)[C@H](O)[C@@H](O)[C@@H]4O)[C@@H]3[C@]3(CO)O[C@H]23)cc1OC. The Morgan fingerprint density at radius 2 is 1.78 bits per heavy atom. The van der Waals surface area contributed by atoms with Gasteiger partial charge in [0.2, 0.25) is 6.29 Å². The van der Waals surface area contributed by atoms with Gasteiger partial charge in [-0.25, -0.2) is 4.79 Å². The Hall–Kier alpha value is -2.49. The molecule has 0 spiro atoms. The number of hydrogen-bond acceptors (Lipinski definition) is 13. The zero-order valence-corrected chi connectivity index (χ0v) is 20.1. The highest BCUT2D eigenvalue weighted by Gasteiger charge is 2.77. The zero-order valence-electron chi connectivity index (χ0n) is 20.1. The van der Waals surface area contributed by atoms with E-state index in [0.29, 0.717) is 11.5 Å². The monoisotopic (exact) mass is 526 g/mol. The Labute approximate surface area is 211 Å². The summed E-state index contributed by atoms with van der Waals surface area (Å²) in [6, 6.07) is 4.61. The normalized spacial score (nSPS) is 41.8. The molecule has 13 nitrogen and oxygen atoms in total. The number of benzene rings is 1. The van der Waals surface area contributed by atoms with Crippen molar-refractivity contribution in [2.45, 2.75) is 54.8 Å². The molecular formula is C24H30O13. The van der Waals surface area contributed by atoms with Crippen molar-refractivity contribution in [1.29, 1.82) is 0 Å². The fourth-order valence-corrected chi connectivity index (χ4v) is 5.44. The Bertz CT molecular complexity index is 1030. The first-order valence-electron chi connectivity index (χ1n) is 11.8. The predicted molar refractivity (Wildman–Crippen MR) is 119 cm³/mol. The molecule has 5 N–H and O–H groups in total. The summed E-state index contributed by atoms with van der Waals surface area (Å²) in [4.78, 5) is 13.0. The van der Waals surface area contributed by atoms with Gasteiger partial charge in [0.25, 0.3) is 0 Å². The summed E-state index contributed by atoms with van der Waals surface area (Å²) in [6.45, 7) is -1.04.